The van der Waals surface area contributed by atoms with E-state index in [2.05, 4.69) is 212 Å². The molecule has 292 valence electrons. The summed E-state index contributed by atoms with van der Waals surface area (Å²) in [4.78, 5) is 15.3. The summed E-state index contributed by atoms with van der Waals surface area (Å²) >= 11 is 0. The Morgan fingerprint density at radius 1 is 0.361 bits per heavy atom. The molecule has 10 rings (SSSR count). The van der Waals surface area contributed by atoms with Gasteiger partial charge in [-0.25, -0.2) is 15.0 Å². The van der Waals surface area contributed by atoms with E-state index in [0.29, 0.717) is 29.3 Å². The Morgan fingerprint density at radius 3 is 1.10 bits per heavy atom. The van der Waals surface area contributed by atoms with Crippen molar-refractivity contribution < 1.29 is 0 Å². The quantitative estimate of drug-likeness (QED) is 0.139. The molecule has 61 heavy (non-hydrogen) atoms. The van der Waals surface area contributed by atoms with Crippen molar-refractivity contribution in [2.45, 2.75) is 25.2 Å². The van der Waals surface area contributed by atoms with Gasteiger partial charge in [-0.3, -0.25) is 0 Å². The summed E-state index contributed by atoms with van der Waals surface area (Å²) in [6.07, 6.45) is 19.3. The number of nitrogens with zero attached hydrogens (tertiary/aromatic N) is 3. The molecule has 2 unspecified atom stereocenters. The molecule has 1 aromatic heterocycles. The molecule has 0 saturated carbocycles. The van der Waals surface area contributed by atoms with Crippen LogP contribution in [0.25, 0.3) is 78.7 Å². The average molecular weight is 784 g/mol. The SMILES string of the molecule is C1=CCC(CC2=CCC(c3ccc(-c4nc(-c5ccc(-c6ccc(-c7ccccc7)cc6)cc5)nc(-c5ccc(-c6ccc(-c7ccccc7)cc6)cc5)n4)cc3)C=C2)C=C1. The topological polar surface area (TPSA) is 38.7 Å². The molecule has 2 aliphatic rings. The lowest BCUT2D eigenvalue weighted by molar-refractivity contribution is 0.649. The van der Waals surface area contributed by atoms with Crippen LogP contribution in [-0.4, -0.2) is 15.0 Å². The van der Waals surface area contributed by atoms with Crippen molar-refractivity contribution in [3.05, 3.63) is 236 Å². The Bertz CT molecular complexity index is 2720. The maximum absolute atomic E-state index is 5.10. The zero-order chi connectivity index (χ0) is 40.8. The van der Waals surface area contributed by atoms with Gasteiger partial charge < -0.3 is 0 Å². The lowest BCUT2D eigenvalue weighted by Gasteiger charge is -2.19. The van der Waals surface area contributed by atoms with Gasteiger partial charge >= 0.3 is 0 Å². The Kier molecular flexibility index (Phi) is 10.8. The number of aromatic nitrogens is 3. The third-order valence-electron chi connectivity index (χ3n) is 11.9. The van der Waals surface area contributed by atoms with Gasteiger partial charge in [0, 0.05) is 22.6 Å². The van der Waals surface area contributed by atoms with Crippen LogP contribution in [0.4, 0.5) is 0 Å². The van der Waals surface area contributed by atoms with Gasteiger partial charge in [0.2, 0.25) is 0 Å². The number of benzene rings is 7. The number of rotatable bonds is 10. The molecule has 8 aromatic rings. The van der Waals surface area contributed by atoms with Crippen LogP contribution in [0, 0.1) is 5.92 Å². The largest absolute Gasteiger partial charge is 0.208 e. The van der Waals surface area contributed by atoms with Crippen LogP contribution in [0.3, 0.4) is 0 Å². The number of hydrogen-bond donors (Lipinski definition) is 0. The van der Waals surface area contributed by atoms with E-state index in [1.165, 1.54) is 33.4 Å². The van der Waals surface area contributed by atoms with Crippen molar-refractivity contribution in [1.29, 1.82) is 0 Å². The third kappa shape index (κ3) is 8.64. The van der Waals surface area contributed by atoms with Crippen LogP contribution in [0.1, 0.15) is 30.7 Å². The Morgan fingerprint density at radius 2 is 0.738 bits per heavy atom. The van der Waals surface area contributed by atoms with Gasteiger partial charge in [0.25, 0.3) is 0 Å². The summed E-state index contributed by atoms with van der Waals surface area (Å²) in [6.45, 7) is 0. The molecule has 0 N–H and O–H groups in total. The van der Waals surface area contributed by atoms with Gasteiger partial charge in [0.15, 0.2) is 17.5 Å². The van der Waals surface area contributed by atoms with Crippen molar-refractivity contribution in [3.63, 3.8) is 0 Å². The standard InChI is InChI=1S/C58H45N3/c1-4-10-41(11-5-1)40-42-16-18-45(19-17-42)50-28-34-53(35-29-50)56-59-57(54-36-30-51(31-37-54)48-24-20-46(21-25-48)43-12-6-2-7-13-43)61-58(60-56)55-38-32-52(33-39-55)49-26-22-47(23-27-49)44-14-8-3-9-15-44/h1-10,12-18,20-39,41,45H,11,19,40H2. The highest BCUT2D eigenvalue weighted by Gasteiger charge is 2.17. The third-order valence-corrected chi connectivity index (χ3v) is 11.9. The molecule has 0 fully saturated rings. The molecule has 3 nitrogen and oxygen atoms in total. The van der Waals surface area contributed by atoms with E-state index in [4.69, 9.17) is 15.0 Å². The Hall–Kier alpha value is -7.49. The molecular formula is C58H45N3. The van der Waals surface area contributed by atoms with Gasteiger partial charge in [0.1, 0.15) is 0 Å². The second kappa shape index (κ2) is 17.4. The van der Waals surface area contributed by atoms with Crippen LogP contribution in [0.2, 0.25) is 0 Å². The molecule has 2 aliphatic carbocycles. The minimum Gasteiger partial charge on any atom is -0.208 e. The van der Waals surface area contributed by atoms with E-state index in [9.17, 15) is 0 Å². The zero-order valence-electron chi connectivity index (χ0n) is 34.0. The molecule has 1 heterocycles. The zero-order valence-corrected chi connectivity index (χ0v) is 34.0. The van der Waals surface area contributed by atoms with E-state index >= 15 is 0 Å². The second-order valence-corrected chi connectivity index (χ2v) is 16.0. The molecule has 2 atom stereocenters. The van der Waals surface area contributed by atoms with E-state index in [1.807, 2.05) is 12.1 Å². The number of hydrogen-bond acceptors (Lipinski definition) is 3. The van der Waals surface area contributed by atoms with Crippen LogP contribution in [-0.2, 0) is 0 Å². The lowest BCUT2D eigenvalue weighted by atomic mass is 9.86. The molecule has 0 spiro atoms. The molecule has 0 aliphatic heterocycles. The molecule has 3 heteroatoms. The summed E-state index contributed by atoms with van der Waals surface area (Å²) in [5, 5.41) is 0. The first-order chi connectivity index (χ1) is 30.2. The van der Waals surface area contributed by atoms with E-state index in [0.717, 1.165) is 58.2 Å². The summed E-state index contributed by atoms with van der Waals surface area (Å²) in [5.74, 6) is 2.89. The summed E-state index contributed by atoms with van der Waals surface area (Å²) in [7, 11) is 0. The summed E-state index contributed by atoms with van der Waals surface area (Å²) in [5.41, 5.74) is 15.0. The van der Waals surface area contributed by atoms with Gasteiger partial charge in [-0.15, -0.1) is 0 Å². The first kappa shape index (κ1) is 37.8. The highest BCUT2D eigenvalue weighted by Crippen LogP contribution is 2.34. The molecule has 0 amide bonds. The van der Waals surface area contributed by atoms with Gasteiger partial charge in [-0.1, -0.05) is 230 Å². The molecule has 0 saturated heterocycles. The van der Waals surface area contributed by atoms with E-state index in [-0.39, 0.29) is 0 Å². The Balaban J connectivity index is 0.927. The van der Waals surface area contributed by atoms with Crippen molar-refractivity contribution >= 4 is 0 Å². The molecule has 0 radical (unpaired) electrons. The van der Waals surface area contributed by atoms with Crippen LogP contribution in [0.5, 0.6) is 0 Å². The van der Waals surface area contributed by atoms with Crippen molar-refractivity contribution in [2.24, 2.45) is 5.92 Å². The monoisotopic (exact) mass is 783 g/mol. The van der Waals surface area contributed by atoms with Crippen LogP contribution < -0.4 is 0 Å². The predicted molar refractivity (Wildman–Crippen MR) is 253 cm³/mol. The molecular weight excluding hydrogens is 739 g/mol. The molecule has 7 aromatic carbocycles. The van der Waals surface area contributed by atoms with Crippen LogP contribution >= 0.6 is 0 Å². The predicted octanol–water partition coefficient (Wildman–Crippen LogP) is 15.0. The Labute approximate surface area is 358 Å². The first-order valence-electron chi connectivity index (χ1n) is 21.3. The highest BCUT2D eigenvalue weighted by molar-refractivity contribution is 5.75. The minimum absolute atomic E-state index is 0.352. The van der Waals surface area contributed by atoms with E-state index < -0.39 is 0 Å². The van der Waals surface area contributed by atoms with Gasteiger partial charge in [-0.2, -0.15) is 0 Å². The highest BCUT2D eigenvalue weighted by atomic mass is 15.0. The summed E-state index contributed by atoms with van der Waals surface area (Å²) in [6, 6.07) is 64.4. The summed E-state index contributed by atoms with van der Waals surface area (Å²) < 4.78 is 0. The van der Waals surface area contributed by atoms with Crippen molar-refractivity contribution in [3.8, 4) is 78.7 Å². The fourth-order valence-electron chi connectivity index (χ4n) is 8.39. The molecule has 0 bridgehead atoms. The second-order valence-electron chi connectivity index (χ2n) is 16.0. The average Bonchev–Trinajstić information content (AvgIpc) is 3.35. The maximum Gasteiger partial charge on any atom is 0.164 e. The van der Waals surface area contributed by atoms with Gasteiger partial charge in [0.05, 0.1) is 0 Å². The van der Waals surface area contributed by atoms with Crippen molar-refractivity contribution in [1.82, 2.24) is 15.0 Å². The lowest BCUT2D eigenvalue weighted by Crippen LogP contribution is -2.03. The van der Waals surface area contributed by atoms with Crippen molar-refractivity contribution in [2.75, 3.05) is 0 Å². The fraction of sp³-hybridized carbons (Fsp3) is 0.0862. The number of allylic oxidation sites excluding steroid dienone is 8. The smallest absolute Gasteiger partial charge is 0.164 e. The fourth-order valence-corrected chi connectivity index (χ4v) is 8.39. The maximum atomic E-state index is 5.10. The minimum atomic E-state index is 0.352. The normalized spacial score (nSPS) is 15.7. The first-order valence-corrected chi connectivity index (χ1v) is 21.3. The van der Waals surface area contributed by atoms with Gasteiger partial charge in [-0.05, 0) is 75.3 Å². The van der Waals surface area contributed by atoms with Crippen LogP contribution in [0.15, 0.2) is 230 Å². The van der Waals surface area contributed by atoms with E-state index in [1.54, 1.807) is 0 Å².